The molecular formula is C16H12N4O2. The number of nitrogens with one attached hydrogen (secondary N) is 1. The van der Waals surface area contributed by atoms with Gasteiger partial charge in [-0.3, -0.25) is 14.9 Å². The van der Waals surface area contributed by atoms with Crippen LogP contribution in [0, 0.1) is 0 Å². The molecule has 0 atom stereocenters. The lowest BCUT2D eigenvalue weighted by Crippen LogP contribution is -2.19. The molecule has 2 aromatic carbocycles. The van der Waals surface area contributed by atoms with Gasteiger partial charge in [0.1, 0.15) is 0 Å². The van der Waals surface area contributed by atoms with Crippen molar-refractivity contribution in [1.29, 1.82) is 0 Å². The van der Waals surface area contributed by atoms with Gasteiger partial charge in [-0.2, -0.15) is 0 Å². The van der Waals surface area contributed by atoms with Gasteiger partial charge in [-0.05, 0) is 41.6 Å². The minimum atomic E-state index is -0.333. The highest BCUT2D eigenvalue weighted by molar-refractivity contribution is 6.21. The molecule has 0 unspecified atom stereocenters. The molecule has 1 aliphatic rings. The molecule has 1 heterocycles. The zero-order valence-corrected chi connectivity index (χ0v) is 11.6. The molecule has 0 saturated heterocycles. The molecule has 0 aromatic heterocycles. The number of aryl methyl sites for hydroxylation is 2. The van der Waals surface area contributed by atoms with Gasteiger partial charge in [0.2, 0.25) is 0 Å². The van der Waals surface area contributed by atoms with Gasteiger partial charge in [-0.1, -0.05) is 35.4 Å². The first-order valence-electron chi connectivity index (χ1n) is 6.80. The summed E-state index contributed by atoms with van der Waals surface area (Å²) in [6, 6.07) is 12.7. The summed E-state index contributed by atoms with van der Waals surface area (Å²) in [5, 5.41) is 5.81. The molecule has 6 heteroatoms. The third kappa shape index (κ3) is 2.68. The third-order valence-corrected chi connectivity index (χ3v) is 3.60. The van der Waals surface area contributed by atoms with Crippen LogP contribution in [0.3, 0.4) is 0 Å². The lowest BCUT2D eigenvalue weighted by Gasteiger charge is -2.04. The van der Waals surface area contributed by atoms with Crippen molar-refractivity contribution in [3.8, 4) is 0 Å². The van der Waals surface area contributed by atoms with Crippen LogP contribution in [0.25, 0.3) is 10.4 Å². The van der Waals surface area contributed by atoms with E-state index < -0.39 is 0 Å². The van der Waals surface area contributed by atoms with Crippen LogP contribution < -0.4 is 5.32 Å². The van der Waals surface area contributed by atoms with E-state index in [1.54, 1.807) is 24.3 Å². The predicted molar refractivity (Wildman–Crippen MR) is 80.9 cm³/mol. The summed E-state index contributed by atoms with van der Waals surface area (Å²) < 4.78 is 0. The van der Waals surface area contributed by atoms with Gasteiger partial charge in [0.25, 0.3) is 11.8 Å². The zero-order chi connectivity index (χ0) is 15.5. The maximum absolute atomic E-state index is 11.6. The molecule has 1 N–H and O–H groups in total. The monoisotopic (exact) mass is 292 g/mol. The molecule has 1 aliphatic heterocycles. The summed E-state index contributed by atoms with van der Waals surface area (Å²) in [5.41, 5.74) is 11.9. The van der Waals surface area contributed by atoms with E-state index in [4.69, 9.17) is 5.53 Å². The topological polar surface area (TPSA) is 94.9 Å². The number of hydrogen-bond acceptors (Lipinski definition) is 3. The lowest BCUT2D eigenvalue weighted by atomic mass is 10.00. The molecule has 0 aliphatic carbocycles. The van der Waals surface area contributed by atoms with Gasteiger partial charge in [-0.25, -0.2) is 0 Å². The van der Waals surface area contributed by atoms with E-state index >= 15 is 0 Å². The minimum absolute atomic E-state index is 0.333. The summed E-state index contributed by atoms with van der Waals surface area (Å²) >= 11 is 0. The number of carbonyl (C=O) groups excluding carboxylic acids is 2. The number of amides is 2. The van der Waals surface area contributed by atoms with Gasteiger partial charge in [0, 0.05) is 10.6 Å². The molecule has 2 aromatic rings. The first-order valence-corrected chi connectivity index (χ1v) is 6.80. The second kappa shape index (κ2) is 5.71. The molecule has 108 valence electrons. The molecule has 3 rings (SSSR count). The van der Waals surface area contributed by atoms with Crippen molar-refractivity contribution in [3.63, 3.8) is 0 Å². The molecule has 0 bridgehead atoms. The Balaban J connectivity index is 1.72. The fraction of sp³-hybridized carbons (Fsp3) is 0.125. The SMILES string of the molecule is [N-]=[N+]=Nc1ccc(CCc2ccc3c(c2)C(=O)NC3=O)cc1. The molecule has 22 heavy (non-hydrogen) atoms. The highest BCUT2D eigenvalue weighted by Gasteiger charge is 2.26. The van der Waals surface area contributed by atoms with E-state index in [0.29, 0.717) is 16.8 Å². The number of benzene rings is 2. The Morgan fingerprint density at radius 1 is 0.909 bits per heavy atom. The van der Waals surface area contributed by atoms with Crippen molar-refractivity contribution in [2.75, 3.05) is 0 Å². The number of nitrogens with zero attached hydrogens (tertiary/aromatic N) is 3. The van der Waals surface area contributed by atoms with Crippen LogP contribution in [0.5, 0.6) is 0 Å². The van der Waals surface area contributed by atoms with E-state index in [-0.39, 0.29) is 11.8 Å². The van der Waals surface area contributed by atoms with E-state index in [0.717, 1.165) is 24.0 Å². The number of imide groups is 1. The summed E-state index contributed by atoms with van der Waals surface area (Å²) in [6.07, 6.45) is 1.56. The van der Waals surface area contributed by atoms with Crippen LogP contribution in [0.4, 0.5) is 5.69 Å². The van der Waals surface area contributed by atoms with Gasteiger partial charge in [-0.15, -0.1) is 0 Å². The number of hydrogen-bond donors (Lipinski definition) is 1. The fourth-order valence-electron chi connectivity index (χ4n) is 2.44. The molecule has 0 saturated carbocycles. The third-order valence-electron chi connectivity index (χ3n) is 3.60. The van der Waals surface area contributed by atoms with E-state index in [2.05, 4.69) is 15.3 Å². The fourth-order valence-corrected chi connectivity index (χ4v) is 2.44. The van der Waals surface area contributed by atoms with Crippen molar-refractivity contribution >= 4 is 17.5 Å². The number of azide groups is 1. The lowest BCUT2D eigenvalue weighted by molar-refractivity contribution is 0.0879. The van der Waals surface area contributed by atoms with Crippen LogP contribution in [0.15, 0.2) is 47.6 Å². The number of rotatable bonds is 4. The smallest absolute Gasteiger partial charge is 0.258 e. The molecule has 2 amide bonds. The second-order valence-electron chi connectivity index (χ2n) is 5.02. The van der Waals surface area contributed by atoms with Crippen LogP contribution in [0.2, 0.25) is 0 Å². The molecule has 0 radical (unpaired) electrons. The summed E-state index contributed by atoms with van der Waals surface area (Å²) in [6.45, 7) is 0. The predicted octanol–water partition coefficient (Wildman–Crippen LogP) is 3.30. The van der Waals surface area contributed by atoms with Crippen LogP contribution in [-0.2, 0) is 12.8 Å². The van der Waals surface area contributed by atoms with E-state index in [1.165, 1.54) is 0 Å². The molecular weight excluding hydrogens is 280 g/mol. The Morgan fingerprint density at radius 3 is 2.27 bits per heavy atom. The second-order valence-corrected chi connectivity index (χ2v) is 5.02. The Bertz CT molecular complexity index is 805. The van der Waals surface area contributed by atoms with Crippen molar-refractivity contribution in [2.24, 2.45) is 5.11 Å². The van der Waals surface area contributed by atoms with Crippen molar-refractivity contribution < 1.29 is 9.59 Å². The van der Waals surface area contributed by atoms with Crippen LogP contribution >= 0.6 is 0 Å². The zero-order valence-electron chi connectivity index (χ0n) is 11.6. The maximum Gasteiger partial charge on any atom is 0.258 e. The first-order chi connectivity index (χ1) is 10.7. The van der Waals surface area contributed by atoms with Crippen LogP contribution in [0.1, 0.15) is 31.8 Å². The minimum Gasteiger partial charge on any atom is -0.288 e. The number of fused-ring (bicyclic) bond motifs is 1. The first kappa shape index (κ1) is 13.9. The highest BCUT2D eigenvalue weighted by atomic mass is 16.2. The normalized spacial score (nSPS) is 12.5. The Hall–Kier alpha value is -3.11. The highest BCUT2D eigenvalue weighted by Crippen LogP contribution is 2.19. The summed E-state index contributed by atoms with van der Waals surface area (Å²) in [7, 11) is 0. The van der Waals surface area contributed by atoms with Crippen LogP contribution in [-0.4, -0.2) is 11.8 Å². The van der Waals surface area contributed by atoms with E-state index in [9.17, 15) is 9.59 Å². The van der Waals surface area contributed by atoms with E-state index in [1.807, 2.05) is 18.2 Å². The summed E-state index contributed by atoms with van der Waals surface area (Å²) in [4.78, 5) is 25.9. The summed E-state index contributed by atoms with van der Waals surface area (Å²) in [5.74, 6) is -0.666. The van der Waals surface area contributed by atoms with Crippen molar-refractivity contribution in [1.82, 2.24) is 5.32 Å². The van der Waals surface area contributed by atoms with Crippen molar-refractivity contribution in [3.05, 3.63) is 75.2 Å². The van der Waals surface area contributed by atoms with Gasteiger partial charge >= 0.3 is 0 Å². The largest absolute Gasteiger partial charge is 0.288 e. The maximum atomic E-state index is 11.6. The van der Waals surface area contributed by atoms with Gasteiger partial charge in [0.05, 0.1) is 11.1 Å². The standard InChI is InChI=1S/C16H12N4O2/c17-20-19-12-6-3-10(4-7-12)1-2-11-5-8-13-14(9-11)16(22)18-15(13)21/h3-9H,1-2H2,(H,18,21,22). The molecule has 6 nitrogen and oxygen atoms in total. The number of carbonyl (C=O) groups is 2. The van der Waals surface area contributed by atoms with Gasteiger partial charge in [0.15, 0.2) is 0 Å². The average Bonchev–Trinajstić information content (AvgIpc) is 2.81. The Kier molecular flexibility index (Phi) is 3.60. The van der Waals surface area contributed by atoms with Crippen molar-refractivity contribution in [2.45, 2.75) is 12.8 Å². The Labute approximate surface area is 126 Å². The average molecular weight is 292 g/mol. The molecule has 0 fully saturated rings. The molecule has 0 spiro atoms. The van der Waals surface area contributed by atoms with Gasteiger partial charge < -0.3 is 0 Å². The quantitative estimate of drug-likeness (QED) is 0.405. The Morgan fingerprint density at radius 2 is 1.55 bits per heavy atom.